The van der Waals surface area contributed by atoms with Crippen molar-refractivity contribution in [2.75, 3.05) is 0 Å². The Morgan fingerprint density at radius 2 is 2.19 bits per heavy atom. The summed E-state index contributed by atoms with van der Waals surface area (Å²) in [5.41, 5.74) is 7.31. The number of thiophene rings is 1. The van der Waals surface area contributed by atoms with Crippen molar-refractivity contribution in [2.24, 2.45) is 5.73 Å². The first kappa shape index (κ1) is 16.7. The number of hydrogen-bond donors (Lipinski definition) is 1. The number of hydrogen-bond acceptors (Lipinski definition) is 3. The molecule has 2 aromatic rings. The monoisotopic (exact) mass is 391 g/mol. The van der Waals surface area contributed by atoms with E-state index in [1.54, 1.807) is 11.3 Å². The highest BCUT2D eigenvalue weighted by atomic mass is 79.9. The van der Waals surface area contributed by atoms with Crippen LogP contribution < -0.4 is 10.5 Å². The molecule has 0 saturated heterocycles. The third-order valence-electron chi connectivity index (χ3n) is 3.25. The van der Waals surface area contributed by atoms with Gasteiger partial charge >= 0.3 is 0 Å². The lowest BCUT2D eigenvalue weighted by molar-refractivity contribution is 0.172. The zero-order chi connectivity index (χ0) is 15.6. The Labute approximate surface area is 141 Å². The van der Waals surface area contributed by atoms with E-state index in [1.807, 2.05) is 25.3 Å². The molecule has 0 aliphatic rings. The molecule has 6 heteroatoms. The Kier molecular flexibility index (Phi) is 5.66. The Morgan fingerprint density at radius 1 is 1.48 bits per heavy atom. The first-order chi connectivity index (χ1) is 9.93. The van der Waals surface area contributed by atoms with E-state index in [-0.39, 0.29) is 17.2 Å². The van der Waals surface area contributed by atoms with E-state index in [1.165, 1.54) is 12.1 Å². The molecule has 0 radical (unpaired) electrons. The average molecular weight is 393 g/mol. The molecular formula is C15H16BrClFNOS. The molecule has 0 spiro atoms. The molecule has 2 nitrogen and oxygen atoms in total. The summed E-state index contributed by atoms with van der Waals surface area (Å²) >= 11 is 10.7. The van der Waals surface area contributed by atoms with Gasteiger partial charge in [0.05, 0.1) is 9.50 Å². The van der Waals surface area contributed by atoms with Gasteiger partial charge in [0.1, 0.15) is 17.7 Å². The van der Waals surface area contributed by atoms with Crippen LogP contribution in [0.3, 0.4) is 0 Å². The summed E-state index contributed by atoms with van der Waals surface area (Å²) in [4.78, 5) is 1.06. The molecule has 21 heavy (non-hydrogen) atoms. The smallest absolute Gasteiger partial charge is 0.148 e. The second-order valence-corrected chi connectivity index (χ2v) is 6.98. The Hall–Kier alpha value is -0.620. The van der Waals surface area contributed by atoms with Crippen LogP contribution in [0.4, 0.5) is 4.39 Å². The maximum absolute atomic E-state index is 13.7. The Bertz CT molecular complexity index is 634. The van der Waals surface area contributed by atoms with Crippen molar-refractivity contribution in [3.8, 4) is 5.75 Å². The SMILES string of the molecule is CCC(N)C(Oc1cc(F)c(Cl)cc1Br)c1sccc1C. The predicted octanol–water partition coefficient (Wildman–Crippen LogP) is 5.47. The molecule has 2 atom stereocenters. The van der Waals surface area contributed by atoms with E-state index in [4.69, 9.17) is 22.1 Å². The summed E-state index contributed by atoms with van der Waals surface area (Å²) in [6.45, 7) is 4.02. The van der Waals surface area contributed by atoms with E-state index in [0.717, 1.165) is 16.9 Å². The fraction of sp³-hybridized carbons (Fsp3) is 0.333. The second-order valence-electron chi connectivity index (χ2n) is 4.78. The molecule has 1 aromatic heterocycles. The highest BCUT2D eigenvalue weighted by Gasteiger charge is 2.24. The van der Waals surface area contributed by atoms with Crippen LogP contribution in [-0.4, -0.2) is 6.04 Å². The summed E-state index contributed by atoms with van der Waals surface area (Å²) in [5.74, 6) is -0.111. The molecule has 114 valence electrons. The van der Waals surface area contributed by atoms with Crippen molar-refractivity contribution < 1.29 is 9.13 Å². The van der Waals surface area contributed by atoms with Crippen molar-refractivity contribution in [3.05, 3.63) is 49.3 Å². The van der Waals surface area contributed by atoms with Crippen LogP contribution in [-0.2, 0) is 0 Å². The predicted molar refractivity (Wildman–Crippen MR) is 89.8 cm³/mol. The van der Waals surface area contributed by atoms with Crippen molar-refractivity contribution in [1.29, 1.82) is 0 Å². The standard InChI is InChI=1S/C15H16BrClFNOS/c1-3-12(19)14(15-8(2)4-5-21-15)20-13-7-11(18)10(17)6-9(13)16/h4-7,12,14H,3,19H2,1-2H3. The van der Waals surface area contributed by atoms with Crippen LogP contribution >= 0.6 is 38.9 Å². The number of benzene rings is 1. The van der Waals surface area contributed by atoms with Gasteiger partial charge in [0.2, 0.25) is 0 Å². The summed E-state index contributed by atoms with van der Waals surface area (Å²) in [5, 5.41) is 2.05. The Balaban J connectivity index is 2.36. The minimum atomic E-state index is -0.512. The van der Waals surface area contributed by atoms with Crippen molar-refractivity contribution in [2.45, 2.75) is 32.4 Å². The molecule has 2 unspecified atom stereocenters. The van der Waals surface area contributed by atoms with Crippen molar-refractivity contribution >= 4 is 38.9 Å². The minimum Gasteiger partial charge on any atom is -0.482 e. The normalized spacial score (nSPS) is 14.0. The van der Waals surface area contributed by atoms with Crippen LogP contribution in [0, 0.1) is 12.7 Å². The van der Waals surface area contributed by atoms with Crippen LogP contribution in [0.5, 0.6) is 5.75 Å². The zero-order valence-electron chi connectivity index (χ0n) is 11.7. The topological polar surface area (TPSA) is 35.2 Å². The van der Waals surface area contributed by atoms with Gasteiger partial charge in [-0.05, 0) is 52.4 Å². The lowest BCUT2D eigenvalue weighted by Gasteiger charge is -2.25. The summed E-state index contributed by atoms with van der Waals surface area (Å²) in [7, 11) is 0. The average Bonchev–Trinajstić information content (AvgIpc) is 2.86. The third-order valence-corrected chi connectivity index (χ3v) is 5.24. The van der Waals surface area contributed by atoms with Crippen molar-refractivity contribution in [3.63, 3.8) is 0 Å². The lowest BCUT2D eigenvalue weighted by Crippen LogP contribution is -2.31. The molecule has 0 aliphatic heterocycles. The molecular weight excluding hydrogens is 377 g/mol. The van der Waals surface area contributed by atoms with Crippen LogP contribution in [0.25, 0.3) is 0 Å². The van der Waals surface area contributed by atoms with Gasteiger partial charge in [0, 0.05) is 17.0 Å². The molecule has 2 N–H and O–H groups in total. The first-order valence-corrected chi connectivity index (χ1v) is 8.59. The summed E-state index contributed by atoms with van der Waals surface area (Å²) < 4.78 is 20.3. The van der Waals surface area contributed by atoms with E-state index >= 15 is 0 Å². The molecule has 0 aliphatic carbocycles. The summed E-state index contributed by atoms with van der Waals surface area (Å²) in [6, 6.07) is 4.62. The quantitative estimate of drug-likeness (QED) is 0.685. The van der Waals surface area contributed by atoms with Gasteiger partial charge in [-0.15, -0.1) is 11.3 Å². The third kappa shape index (κ3) is 3.77. The molecule has 0 fully saturated rings. The number of aryl methyl sites for hydroxylation is 1. The second kappa shape index (κ2) is 7.09. The maximum Gasteiger partial charge on any atom is 0.148 e. The molecule has 0 bridgehead atoms. The van der Waals surface area contributed by atoms with E-state index < -0.39 is 5.82 Å². The number of rotatable bonds is 5. The lowest BCUT2D eigenvalue weighted by atomic mass is 10.1. The van der Waals surface area contributed by atoms with Crippen molar-refractivity contribution in [1.82, 2.24) is 0 Å². The molecule has 0 saturated carbocycles. The number of halogens is 3. The van der Waals surface area contributed by atoms with Crippen LogP contribution in [0.15, 0.2) is 28.1 Å². The number of ether oxygens (including phenoxy) is 1. The fourth-order valence-electron chi connectivity index (χ4n) is 1.96. The van der Waals surface area contributed by atoms with E-state index in [0.29, 0.717) is 10.2 Å². The first-order valence-electron chi connectivity index (χ1n) is 6.54. The highest BCUT2D eigenvalue weighted by Crippen LogP contribution is 2.36. The van der Waals surface area contributed by atoms with Crippen LogP contribution in [0.2, 0.25) is 5.02 Å². The number of nitrogens with two attached hydrogens (primary N) is 1. The van der Waals surface area contributed by atoms with E-state index in [2.05, 4.69) is 15.9 Å². The van der Waals surface area contributed by atoms with Gasteiger partial charge in [0.15, 0.2) is 0 Å². The van der Waals surface area contributed by atoms with Gasteiger partial charge in [-0.1, -0.05) is 18.5 Å². The summed E-state index contributed by atoms with van der Waals surface area (Å²) in [6.07, 6.45) is 0.447. The van der Waals surface area contributed by atoms with Gasteiger partial charge in [-0.3, -0.25) is 0 Å². The van der Waals surface area contributed by atoms with Gasteiger partial charge in [0.25, 0.3) is 0 Å². The van der Waals surface area contributed by atoms with Crippen LogP contribution in [0.1, 0.15) is 29.9 Å². The van der Waals surface area contributed by atoms with Gasteiger partial charge < -0.3 is 10.5 Å². The highest BCUT2D eigenvalue weighted by molar-refractivity contribution is 9.10. The molecule has 0 amide bonds. The Morgan fingerprint density at radius 3 is 2.76 bits per heavy atom. The van der Waals surface area contributed by atoms with Gasteiger partial charge in [-0.2, -0.15) is 0 Å². The largest absolute Gasteiger partial charge is 0.482 e. The van der Waals surface area contributed by atoms with Gasteiger partial charge in [-0.25, -0.2) is 4.39 Å². The fourth-order valence-corrected chi connectivity index (χ4v) is 3.72. The minimum absolute atomic E-state index is 0.0536. The maximum atomic E-state index is 13.7. The molecule has 2 rings (SSSR count). The van der Waals surface area contributed by atoms with E-state index in [9.17, 15) is 4.39 Å². The molecule has 1 heterocycles. The zero-order valence-corrected chi connectivity index (χ0v) is 14.9. The molecule has 1 aromatic carbocycles.